The van der Waals surface area contributed by atoms with Crippen molar-refractivity contribution < 1.29 is 23.8 Å². The fourth-order valence-corrected chi connectivity index (χ4v) is 3.61. The number of amides is 2. The fourth-order valence-electron chi connectivity index (χ4n) is 3.61. The van der Waals surface area contributed by atoms with Crippen LogP contribution in [0.15, 0.2) is 18.2 Å². The largest absolute Gasteiger partial charge is 0.497 e. The summed E-state index contributed by atoms with van der Waals surface area (Å²) >= 11 is 0. The molecule has 1 aromatic rings. The molecule has 1 heterocycles. The zero-order valence-corrected chi connectivity index (χ0v) is 17.9. The lowest BCUT2D eigenvalue weighted by Gasteiger charge is -2.28. The van der Waals surface area contributed by atoms with Gasteiger partial charge >= 0.3 is 0 Å². The number of ether oxygens (including phenoxy) is 3. The van der Waals surface area contributed by atoms with Crippen LogP contribution in [0, 0.1) is 0 Å². The van der Waals surface area contributed by atoms with E-state index >= 15 is 0 Å². The van der Waals surface area contributed by atoms with Crippen LogP contribution in [0.1, 0.15) is 30.9 Å². The number of methoxy groups -OCH3 is 3. The van der Waals surface area contributed by atoms with Gasteiger partial charge in [0, 0.05) is 32.4 Å². The van der Waals surface area contributed by atoms with Crippen molar-refractivity contribution in [2.45, 2.75) is 25.3 Å². The van der Waals surface area contributed by atoms with Gasteiger partial charge in [-0.1, -0.05) is 0 Å². The fraction of sp³-hybridized carbons (Fsp3) is 0.619. The van der Waals surface area contributed by atoms with Gasteiger partial charge in [-0.05, 0) is 44.5 Å². The van der Waals surface area contributed by atoms with Crippen LogP contribution in [0.2, 0.25) is 0 Å². The van der Waals surface area contributed by atoms with Gasteiger partial charge in [0.2, 0.25) is 11.8 Å². The first-order valence-corrected chi connectivity index (χ1v) is 9.95. The second-order valence-electron chi connectivity index (χ2n) is 7.22. The Kier molecular flexibility index (Phi) is 9.21. The first kappa shape index (κ1) is 23.0. The maximum absolute atomic E-state index is 12.9. The smallest absolute Gasteiger partial charge is 0.237 e. The van der Waals surface area contributed by atoms with Crippen LogP contribution in [0.25, 0.3) is 0 Å². The van der Waals surface area contributed by atoms with Crippen LogP contribution in [-0.2, 0) is 14.3 Å². The molecular weight excluding hydrogens is 374 g/mol. The summed E-state index contributed by atoms with van der Waals surface area (Å²) < 4.78 is 15.8. The Morgan fingerprint density at radius 3 is 2.69 bits per heavy atom. The number of nitrogens with zero attached hydrogens (tertiary/aromatic N) is 2. The van der Waals surface area contributed by atoms with E-state index in [1.54, 1.807) is 33.3 Å². The van der Waals surface area contributed by atoms with Crippen molar-refractivity contribution in [3.05, 3.63) is 23.8 Å². The van der Waals surface area contributed by atoms with E-state index in [0.29, 0.717) is 19.7 Å². The lowest BCUT2D eigenvalue weighted by Crippen LogP contribution is -2.42. The monoisotopic (exact) mass is 407 g/mol. The Morgan fingerprint density at radius 1 is 1.21 bits per heavy atom. The number of hydrogen-bond donors (Lipinski definition) is 1. The molecule has 0 radical (unpaired) electrons. The molecule has 0 aromatic heterocycles. The first-order valence-electron chi connectivity index (χ1n) is 9.95. The molecule has 162 valence electrons. The summed E-state index contributed by atoms with van der Waals surface area (Å²) in [5.41, 5.74) is 0.955. The van der Waals surface area contributed by atoms with Gasteiger partial charge in [0.05, 0.1) is 33.4 Å². The van der Waals surface area contributed by atoms with Gasteiger partial charge in [0.1, 0.15) is 11.5 Å². The number of carbonyl (C=O) groups excluding carboxylic acids is 2. The van der Waals surface area contributed by atoms with Crippen LogP contribution < -0.4 is 14.8 Å². The summed E-state index contributed by atoms with van der Waals surface area (Å²) in [5, 5.41) is 2.84. The third-order valence-corrected chi connectivity index (χ3v) is 5.04. The minimum Gasteiger partial charge on any atom is -0.497 e. The minimum atomic E-state index is -0.0937. The molecule has 2 rings (SSSR count). The van der Waals surface area contributed by atoms with Crippen molar-refractivity contribution in [1.82, 2.24) is 15.1 Å². The standard InChI is InChI=1S/C21H33N3O5/c1-23(14-20(25)22-10-6-12-27-2)15-21(26)24-11-5-7-18(24)17-13-16(28-3)8-9-19(17)29-4/h8-9,13,18H,5-7,10-12,14-15H2,1-4H3,(H,22,25). The van der Waals surface area contributed by atoms with Crippen molar-refractivity contribution in [2.24, 2.45) is 0 Å². The number of nitrogens with one attached hydrogen (secondary N) is 1. The number of likely N-dealkylation sites (tertiary alicyclic amines) is 1. The summed E-state index contributed by atoms with van der Waals surface area (Å²) in [4.78, 5) is 28.6. The average Bonchev–Trinajstić information content (AvgIpc) is 3.20. The highest BCUT2D eigenvalue weighted by Crippen LogP contribution is 2.38. The van der Waals surface area contributed by atoms with Crippen LogP contribution >= 0.6 is 0 Å². The summed E-state index contributed by atoms with van der Waals surface area (Å²) in [5.74, 6) is 1.40. The predicted molar refractivity (Wildman–Crippen MR) is 110 cm³/mol. The van der Waals surface area contributed by atoms with E-state index in [1.165, 1.54) is 0 Å². The summed E-state index contributed by atoms with van der Waals surface area (Å²) in [6, 6.07) is 5.60. The van der Waals surface area contributed by atoms with Crippen molar-refractivity contribution >= 4 is 11.8 Å². The Balaban J connectivity index is 1.95. The van der Waals surface area contributed by atoms with Gasteiger partial charge in [0.25, 0.3) is 0 Å². The molecule has 1 unspecified atom stereocenters. The van der Waals surface area contributed by atoms with E-state index in [2.05, 4.69) is 5.32 Å². The maximum Gasteiger partial charge on any atom is 0.237 e. The number of hydrogen-bond acceptors (Lipinski definition) is 6. The lowest BCUT2D eigenvalue weighted by atomic mass is 10.0. The molecule has 1 saturated heterocycles. The van der Waals surface area contributed by atoms with Gasteiger partial charge in [-0.2, -0.15) is 0 Å². The Morgan fingerprint density at radius 2 is 2.00 bits per heavy atom. The van der Waals surface area contributed by atoms with Crippen LogP contribution in [0.3, 0.4) is 0 Å². The molecule has 8 nitrogen and oxygen atoms in total. The van der Waals surface area contributed by atoms with Gasteiger partial charge < -0.3 is 24.4 Å². The quantitative estimate of drug-likeness (QED) is 0.560. The molecule has 0 spiro atoms. The van der Waals surface area contributed by atoms with Gasteiger partial charge in [-0.15, -0.1) is 0 Å². The molecule has 0 bridgehead atoms. The third-order valence-electron chi connectivity index (χ3n) is 5.04. The zero-order chi connectivity index (χ0) is 21.2. The number of rotatable bonds is 11. The number of carbonyl (C=O) groups is 2. The van der Waals surface area contributed by atoms with E-state index in [-0.39, 0.29) is 30.9 Å². The topological polar surface area (TPSA) is 80.3 Å². The van der Waals surface area contributed by atoms with Crippen LogP contribution in [0.5, 0.6) is 11.5 Å². The number of likely N-dealkylation sites (N-methyl/N-ethyl adjacent to an activating group) is 1. The lowest BCUT2D eigenvalue weighted by molar-refractivity contribution is -0.133. The minimum absolute atomic E-state index is 0.00653. The molecule has 1 N–H and O–H groups in total. The summed E-state index contributed by atoms with van der Waals surface area (Å²) in [7, 11) is 6.67. The average molecular weight is 408 g/mol. The molecular formula is C21H33N3O5. The van der Waals surface area contributed by atoms with Crippen molar-refractivity contribution in [1.29, 1.82) is 0 Å². The molecule has 1 aliphatic rings. The van der Waals surface area contributed by atoms with Gasteiger partial charge in [-0.25, -0.2) is 0 Å². The Bertz CT molecular complexity index is 682. The highest BCUT2D eigenvalue weighted by molar-refractivity contribution is 5.81. The molecule has 0 aliphatic carbocycles. The van der Waals surface area contributed by atoms with E-state index in [1.807, 2.05) is 23.1 Å². The van der Waals surface area contributed by atoms with Crippen molar-refractivity contribution in [3.8, 4) is 11.5 Å². The maximum atomic E-state index is 12.9. The first-order chi connectivity index (χ1) is 14.0. The Labute approximate surface area is 173 Å². The Hall–Kier alpha value is -2.32. The molecule has 1 aromatic carbocycles. The van der Waals surface area contributed by atoms with Gasteiger partial charge in [-0.3, -0.25) is 14.5 Å². The third kappa shape index (κ3) is 6.61. The second kappa shape index (κ2) is 11.6. The number of benzene rings is 1. The molecule has 0 saturated carbocycles. The van der Waals surface area contributed by atoms with Crippen molar-refractivity contribution in [3.63, 3.8) is 0 Å². The molecule has 1 atom stereocenters. The summed E-state index contributed by atoms with van der Waals surface area (Å²) in [6.07, 6.45) is 2.57. The zero-order valence-electron chi connectivity index (χ0n) is 17.9. The van der Waals surface area contributed by atoms with E-state index in [0.717, 1.165) is 36.3 Å². The normalized spacial score (nSPS) is 16.2. The molecule has 1 aliphatic heterocycles. The van der Waals surface area contributed by atoms with Crippen LogP contribution in [0.4, 0.5) is 0 Å². The molecule has 1 fully saturated rings. The molecule has 2 amide bonds. The highest BCUT2D eigenvalue weighted by atomic mass is 16.5. The summed E-state index contributed by atoms with van der Waals surface area (Å²) in [6.45, 7) is 2.24. The van der Waals surface area contributed by atoms with E-state index < -0.39 is 0 Å². The van der Waals surface area contributed by atoms with Crippen LogP contribution in [-0.4, -0.2) is 82.8 Å². The molecule has 29 heavy (non-hydrogen) atoms. The highest BCUT2D eigenvalue weighted by Gasteiger charge is 2.32. The predicted octanol–water partition coefficient (Wildman–Crippen LogP) is 1.45. The van der Waals surface area contributed by atoms with E-state index in [4.69, 9.17) is 14.2 Å². The SMILES string of the molecule is COCCCNC(=O)CN(C)CC(=O)N1CCCC1c1cc(OC)ccc1OC. The van der Waals surface area contributed by atoms with Gasteiger partial charge in [0.15, 0.2) is 0 Å². The molecule has 8 heteroatoms. The van der Waals surface area contributed by atoms with E-state index in [9.17, 15) is 9.59 Å². The second-order valence-corrected chi connectivity index (χ2v) is 7.22. The van der Waals surface area contributed by atoms with Crippen molar-refractivity contribution in [2.75, 3.05) is 61.2 Å².